The maximum absolute atomic E-state index is 12.0. The molecule has 0 aliphatic carbocycles. The molecule has 1 rings (SSSR count). The van der Waals surface area contributed by atoms with Crippen LogP contribution in [0.4, 0.5) is 0 Å². The molecule has 0 saturated heterocycles. The van der Waals surface area contributed by atoms with Gasteiger partial charge in [0.05, 0.1) is 26.1 Å². The van der Waals surface area contributed by atoms with E-state index in [-0.39, 0.29) is 24.8 Å². The van der Waals surface area contributed by atoms with Gasteiger partial charge in [-0.2, -0.15) is 0 Å². The van der Waals surface area contributed by atoms with Crippen LogP contribution in [0.25, 0.3) is 0 Å². The summed E-state index contributed by atoms with van der Waals surface area (Å²) in [7, 11) is 0. The summed E-state index contributed by atoms with van der Waals surface area (Å²) >= 11 is 0. The summed E-state index contributed by atoms with van der Waals surface area (Å²) in [6.07, 6.45) is 14.6. The molecule has 4 heteroatoms. The Kier molecular flexibility index (Phi) is 15.7. The maximum Gasteiger partial charge on any atom is 0.310 e. The molecule has 170 valence electrons. The second-order valence-corrected chi connectivity index (χ2v) is 8.15. The topological polar surface area (TPSA) is 52.6 Å². The minimum Gasteiger partial charge on any atom is -0.465 e. The molecule has 0 amide bonds. The fourth-order valence-corrected chi connectivity index (χ4v) is 3.42. The van der Waals surface area contributed by atoms with Crippen molar-refractivity contribution in [3.8, 4) is 0 Å². The van der Waals surface area contributed by atoms with Crippen molar-refractivity contribution >= 4 is 11.9 Å². The smallest absolute Gasteiger partial charge is 0.310 e. The third kappa shape index (κ3) is 14.2. The Balaban J connectivity index is 2.20. The Morgan fingerprint density at radius 1 is 0.633 bits per heavy atom. The highest BCUT2D eigenvalue weighted by molar-refractivity contribution is 5.74. The lowest BCUT2D eigenvalue weighted by atomic mass is 10.1. The van der Waals surface area contributed by atoms with Crippen LogP contribution in [-0.4, -0.2) is 25.2 Å². The van der Waals surface area contributed by atoms with E-state index < -0.39 is 0 Å². The van der Waals surface area contributed by atoms with Crippen molar-refractivity contribution in [3.05, 3.63) is 35.4 Å². The molecule has 1 aromatic rings. The van der Waals surface area contributed by atoms with Gasteiger partial charge in [0.15, 0.2) is 0 Å². The Morgan fingerprint density at radius 2 is 1.03 bits per heavy atom. The number of carbonyl (C=O) groups excluding carboxylic acids is 2. The fourth-order valence-electron chi connectivity index (χ4n) is 3.42. The molecule has 0 aliphatic heterocycles. The highest BCUT2D eigenvalue weighted by Gasteiger charge is 2.09. The molecule has 0 aliphatic rings. The van der Waals surface area contributed by atoms with Gasteiger partial charge in [-0.05, 0) is 24.0 Å². The zero-order chi connectivity index (χ0) is 21.9. The molecule has 30 heavy (non-hydrogen) atoms. The van der Waals surface area contributed by atoms with Crippen LogP contribution in [0.2, 0.25) is 0 Å². The molecule has 0 aromatic heterocycles. The number of benzene rings is 1. The molecule has 0 saturated carbocycles. The first-order valence-corrected chi connectivity index (χ1v) is 12.0. The van der Waals surface area contributed by atoms with E-state index in [0.29, 0.717) is 13.2 Å². The summed E-state index contributed by atoms with van der Waals surface area (Å²) in [4.78, 5) is 24.1. The van der Waals surface area contributed by atoms with E-state index in [9.17, 15) is 9.59 Å². The van der Waals surface area contributed by atoms with Gasteiger partial charge in [0.2, 0.25) is 0 Å². The van der Waals surface area contributed by atoms with Gasteiger partial charge >= 0.3 is 11.9 Å². The van der Waals surface area contributed by atoms with Crippen LogP contribution in [0.15, 0.2) is 24.3 Å². The van der Waals surface area contributed by atoms with Crippen LogP contribution in [0.5, 0.6) is 0 Å². The van der Waals surface area contributed by atoms with Crippen molar-refractivity contribution in [3.63, 3.8) is 0 Å². The molecule has 0 atom stereocenters. The first kappa shape index (κ1) is 26.2. The molecular formula is C26H42O4. The Bertz CT molecular complexity index is 535. The standard InChI is InChI=1S/C26H42O4/c1-3-5-7-9-11-13-18-29-25(27)21-23-16-15-17-24(20-23)22-26(28)30-19-14-12-10-8-6-4-2/h15-17,20H,3-14,18-19,21-22H2,1-2H3. The number of hydrogen-bond acceptors (Lipinski definition) is 4. The van der Waals surface area contributed by atoms with Crippen LogP contribution < -0.4 is 0 Å². The zero-order valence-corrected chi connectivity index (χ0v) is 19.3. The molecule has 0 bridgehead atoms. The lowest BCUT2D eigenvalue weighted by Crippen LogP contribution is -2.11. The number of unbranched alkanes of at least 4 members (excludes halogenated alkanes) is 10. The number of carbonyl (C=O) groups is 2. The predicted octanol–water partition coefficient (Wildman–Crippen LogP) is 6.58. The van der Waals surface area contributed by atoms with Gasteiger partial charge in [-0.15, -0.1) is 0 Å². The van der Waals surface area contributed by atoms with Crippen LogP contribution in [0.3, 0.4) is 0 Å². The van der Waals surface area contributed by atoms with Crippen molar-refractivity contribution in [1.82, 2.24) is 0 Å². The second-order valence-electron chi connectivity index (χ2n) is 8.15. The van der Waals surface area contributed by atoms with Crippen molar-refractivity contribution < 1.29 is 19.1 Å². The fraction of sp³-hybridized carbons (Fsp3) is 0.692. The summed E-state index contributed by atoms with van der Waals surface area (Å²) in [6, 6.07) is 7.58. The monoisotopic (exact) mass is 418 g/mol. The maximum atomic E-state index is 12.0. The first-order valence-electron chi connectivity index (χ1n) is 12.0. The van der Waals surface area contributed by atoms with Crippen LogP contribution in [0, 0.1) is 0 Å². The van der Waals surface area contributed by atoms with E-state index in [1.165, 1.54) is 51.4 Å². The normalized spacial score (nSPS) is 10.7. The Labute approximate surface area is 183 Å². The number of esters is 2. The molecule has 0 unspecified atom stereocenters. The van der Waals surface area contributed by atoms with E-state index in [2.05, 4.69) is 13.8 Å². The van der Waals surface area contributed by atoms with Gasteiger partial charge in [0, 0.05) is 0 Å². The predicted molar refractivity (Wildman–Crippen MR) is 123 cm³/mol. The molecule has 1 aromatic carbocycles. The molecule has 0 heterocycles. The second kappa shape index (κ2) is 18.0. The average Bonchev–Trinajstić information content (AvgIpc) is 2.72. The lowest BCUT2D eigenvalue weighted by Gasteiger charge is -2.08. The van der Waals surface area contributed by atoms with Crippen molar-refractivity contribution in [2.75, 3.05) is 13.2 Å². The van der Waals surface area contributed by atoms with Gasteiger partial charge in [0.25, 0.3) is 0 Å². The minimum absolute atomic E-state index is 0.202. The molecule has 0 radical (unpaired) electrons. The third-order valence-electron chi connectivity index (χ3n) is 5.21. The van der Waals surface area contributed by atoms with Crippen LogP contribution in [-0.2, 0) is 31.9 Å². The largest absolute Gasteiger partial charge is 0.465 e. The van der Waals surface area contributed by atoms with E-state index in [0.717, 1.165) is 36.8 Å². The first-order chi connectivity index (χ1) is 14.7. The zero-order valence-electron chi connectivity index (χ0n) is 19.3. The van der Waals surface area contributed by atoms with Crippen LogP contribution in [0.1, 0.15) is 102 Å². The van der Waals surface area contributed by atoms with Crippen molar-refractivity contribution in [2.24, 2.45) is 0 Å². The molecule has 0 spiro atoms. The van der Waals surface area contributed by atoms with E-state index in [4.69, 9.17) is 9.47 Å². The van der Waals surface area contributed by atoms with Gasteiger partial charge in [-0.25, -0.2) is 0 Å². The van der Waals surface area contributed by atoms with Gasteiger partial charge in [-0.3, -0.25) is 9.59 Å². The molecule has 0 N–H and O–H groups in total. The van der Waals surface area contributed by atoms with Crippen molar-refractivity contribution in [2.45, 2.75) is 104 Å². The van der Waals surface area contributed by atoms with Gasteiger partial charge in [0.1, 0.15) is 0 Å². The number of rotatable bonds is 18. The summed E-state index contributed by atoms with van der Waals surface area (Å²) < 4.78 is 10.7. The van der Waals surface area contributed by atoms with E-state index in [1.807, 2.05) is 24.3 Å². The quantitative estimate of drug-likeness (QED) is 0.200. The summed E-state index contributed by atoms with van der Waals surface area (Å²) in [6.45, 7) is 5.40. The number of ether oxygens (including phenoxy) is 2. The minimum atomic E-state index is -0.202. The summed E-state index contributed by atoms with van der Waals surface area (Å²) in [5, 5.41) is 0. The highest BCUT2D eigenvalue weighted by Crippen LogP contribution is 2.10. The molecular weight excluding hydrogens is 376 g/mol. The van der Waals surface area contributed by atoms with Crippen molar-refractivity contribution in [1.29, 1.82) is 0 Å². The average molecular weight is 419 g/mol. The Morgan fingerprint density at radius 3 is 1.47 bits per heavy atom. The van der Waals surface area contributed by atoms with E-state index in [1.54, 1.807) is 0 Å². The molecule has 0 fully saturated rings. The van der Waals surface area contributed by atoms with E-state index >= 15 is 0 Å². The van der Waals surface area contributed by atoms with Crippen LogP contribution >= 0.6 is 0 Å². The Hall–Kier alpha value is -1.84. The lowest BCUT2D eigenvalue weighted by molar-refractivity contribution is -0.143. The van der Waals surface area contributed by atoms with Gasteiger partial charge in [-0.1, -0.05) is 102 Å². The SMILES string of the molecule is CCCCCCCCOC(=O)Cc1cccc(CC(=O)OCCCCCCCC)c1. The molecule has 4 nitrogen and oxygen atoms in total. The number of hydrogen-bond donors (Lipinski definition) is 0. The summed E-state index contributed by atoms with van der Waals surface area (Å²) in [5.41, 5.74) is 1.76. The van der Waals surface area contributed by atoms with Gasteiger partial charge < -0.3 is 9.47 Å². The highest BCUT2D eigenvalue weighted by atomic mass is 16.5. The third-order valence-corrected chi connectivity index (χ3v) is 5.21. The summed E-state index contributed by atoms with van der Waals surface area (Å²) in [5.74, 6) is -0.405.